The van der Waals surface area contributed by atoms with E-state index in [-0.39, 0.29) is 23.1 Å². The van der Waals surface area contributed by atoms with E-state index in [1.807, 2.05) is 0 Å². The maximum atomic E-state index is 12.5. The van der Waals surface area contributed by atoms with E-state index in [1.54, 1.807) is 43.3 Å². The van der Waals surface area contributed by atoms with Crippen LogP contribution in [0.15, 0.2) is 53.4 Å². The monoisotopic (exact) mass is 360 g/mol. The predicted molar refractivity (Wildman–Crippen MR) is 95.8 cm³/mol. The Morgan fingerprint density at radius 1 is 1.04 bits per heavy atom. The summed E-state index contributed by atoms with van der Waals surface area (Å²) in [6.07, 6.45) is 0.307. The Hall–Kier alpha value is -2.51. The SMILES string of the molecule is CCC(=O)c1cccc(S(=O)(=O)NCc2ccccc2NC(C)=O)c1. The van der Waals surface area contributed by atoms with Gasteiger partial charge in [0.2, 0.25) is 15.9 Å². The summed E-state index contributed by atoms with van der Waals surface area (Å²) in [7, 11) is -3.78. The third kappa shape index (κ3) is 4.98. The van der Waals surface area contributed by atoms with E-state index in [0.29, 0.717) is 23.2 Å². The van der Waals surface area contributed by atoms with Crippen LogP contribution in [-0.4, -0.2) is 20.1 Å². The van der Waals surface area contributed by atoms with Gasteiger partial charge in [0.1, 0.15) is 0 Å². The molecule has 0 aromatic heterocycles. The van der Waals surface area contributed by atoms with Crippen LogP contribution >= 0.6 is 0 Å². The molecule has 0 heterocycles. The predicted octanol–water partition coefficient (Wildman–Crippen LogP) is 2.72. The van der Waals surface area contributed by atoms with Crippen LogP contribution < -0.4 is 10.0 Å². The second kappa shape index (κ2) is 8.04. The molecule has 0 fully saturated rings. The van der Waals surface area contributed by atoms with Gasteiger partial charge in [0.15, 0.2) is 5.78 Å². The first kappa shape index (κ1) is 18.8. The Morgan fingerprint density at radius 3 is 2.44 bits per heavy atom. The van der Waals surface area contributed by atoms with Gasteiger partial charge in [0, 0.05) is 31.1 Å². The number of carbonyl (C=O) groups is 2. The highest BCUT2D eigenvalue weighted by Crippen LogP contribution is 2.17. The molecular weight excluding hydrogens is 340 g/mol. The van der Waals surface area contributed by atoms with Crippen molar-refractivity contribution in [3.05, 3.63) is 59.7 Å². The molecule has 0 saturated heterocycles. The summed E-state index contributed by atoms with van der Waals surface area (Å²) in [5.41, 5.74) is 1.55. The van der Waals surface area contributed by atoms with Gasteiger partial charge in [-0.3, -0.25) is 9.59 Å². The largest absolute Gasteiger partial charge is 0.326 e. The number of hydrogen-bond acceptors (Lipinski definition) is 4. The number of para-hydroxylation sites is 1. The number of ketones is 1. The van der Waals surface area contributed by atoms with Gasteiger partial charge >= 0.3 is 0 Å². The molecule has 25 heavy (non-hydrogen) atoms. The van der Waals surface area contributed by atoms with Crippen molar-refractivity contribution in [1.29, 1.82) is 0 Å². The first-order valence-corrected chi connectivity index (χ1v) is 9.30. The molecule has 0 saturated carbocycles. The van der Waals surface area contributed by atoms with Crippen LogP contribution in [0.4, 0.5) is 5.69 Å². The van der Waals surface area contributed by atoms with E-state index < -0.39 is 10.0 Å². The Bertz CT molecular complexity index is 891. The molecular formula is C18H20N2O4S. The summed E-state index contributed by atoms with van der Waals surface area (Å²) in [6, 6.07) is 12.9. The molecule has 0 spiro atoms. The summed E-state index contributed by atoms with van der Waals surface area (Å²) < 4.78 is 27.5. The van der Waals surface area contributed by atoms with Gasteiger partial charge in [-0.05, 0) is 23.8 Å². The quantitative estimate of drug-likeness (QED) is 0.743. The highest BCUT2D eigenvalue weighted by Gasteiger charge is 2.16. The second-order valence-corrected chi connectivity index (χ2v) is 7.23. The lowest BCUT2D eigenvalue weighted by molar-refractivity contribution is -0.114. The number of anilines is 1. The molecule has 0 aliphatic carbocycles. The van der Waals surface area contributed by atoms with Gasteiger partial charge < -0.3 is 5.32 Å². The number of benzene rings is 2. The minimum Gasteiger partial charge on any atom is -0.326 e. The number of carbonyl (C=O) groups excluding carboxylic acids is 2. The molecule has 0 radical (unpaired) electrons. The third-order valence-corrected chi connectivity index (χ3v) is 4.97. The highest BCUT2D eigenvalue weighted by molar-refractivity contribution is 7.89. The molecule has 0 unspecified atom stereocenters. The smallest absolute Gasteiger partial charge is 0.240 e. The molecule has 7 heteroatoms. The van der Waals surface area contributed by atoms with Crippen LogP contribution in [0, 0.1) is 0 Å². The molecule has 0 aliphatic rings. The topological polar surface area (TPSA) is 92.3 Å². The van der Waals surface area contributed by atoms with Crippen LogP contribution in [0.1, 0.15) is 36.2 Å². The molecule has 2 aromatic carbocycles. The summed E-state index contributed by atoms with van der Waals surface area (Å²) in [5, 5.41) is 2.66. The Morgan fingerprint density at radius 2 is 1.76 bits per heavy atom. The second-order valence-electron chi connectivity index (χ2n) is 5.47. The standard InChI is InChI=1S/C18H20N2O4S/c1-3-18(22)14-8-6-9-16(11-14)25(23,24)19-12-15-7-4-5-10-17(15)20-13(2)21/h4-11,19H,3,12H2,1-2H3,(H,20,21). The van der Waals surface area contributed by atoms with Crippen molar-refractivity contribution in [1.82, 2.24) is 4.72 Å². The first-order chi connectivity index (χ1) is 11.8. The maximum absolute atomic E-state index is 12.5. The zero-order valence-corrected chi connectivity index (χ0v) is 14.9. The minimum absolute atomic E-state index is 0.0186. The lowest BCUT2D eigenvalue weighted by Gasteiger charge is -2.12. The van der Waals surface area contributed by atoms with E-state index in [1.165, 1.54) is 19.1 Å². The Balaban J connectivity index is 2.20. The molecule has 132 valence electrons. The zero-order valence-electron chi connectivity index (χ0n) is 14.1. The van der Waals surface area contributed by atoms with Gasteiger partial charge in [-0.15, -0.1) is 0 Å². The number of nitrogens with one attached hydrogen (secondary N) is 2. The molecule has 0 aliphatic heterocycles. The van der Waals surface area contributed by atoms with Gasteiger partial charge in [-0.2, -0.15) is 0 Å². The number of Topliss-reactive ketones (excluding diaryl/α,β-unsaturated/α-hetero) is 1. The van der Waals surface area contributed by atoms with E-state index in [4.69, 9.17) is 0 Å². The van der Waals surface area contributed by atoms with Crippen LogP contribution in [-0.2, 0) is 21.4 Å². The minimum atomic E-state index is -3.78. The number of sulfonamides is 1. The lowest BCUT2D eigenvalue weighted by atomic mass is 10.1. The lowest BCUT2D eigenvalue weighted by Crippen LogP contribution is -2.24. The van der Waals surface area contributed by atoms with Gasteiger partial charge in [0.25, 0.3) is 0 Å². The fraction of sp³-hybridized carbons (Fsp3) is 0.222. The summed E-state index contributed by atoms with van der Waals surface area (Å²) >= 11 is 0. The van der Waals surface area contributed by atoms with Crippen molar-refractivity contribution in [2.24, 2.45) is 0 Å². The van der Waals surface area contributed by atoms with Gasteiger partial charge in [-0.1, -0.05) is 37.3 Å². The van der Waals surface area contributed by atoms with Crippen molar-refractivity contribution in [2.75, 3.05) is 5.32 Å². The molecule has 0 bridgehead atoms. The fourth-order valence-corrected chi connectivity index (χ4v) is 3.33. The Labute approximate surface area is 147 Å². The van der Waals surface area contributed by atoms with Crippen LogP contribution in [0.25, 0.3) is 0 Å². The highest BCUT2D eigenvalue weighted by atomic mass is 32.2. The van der Waals surface area contributed by atoms with Crippen molar-refractivity contribution in [3.63, 3.8) is 0 Å². The van der Waals surface area contributed by atoms with Gasteiger partial charge in [-0.25, -0.2) is 13.1 Å². The normalized spacial score (nSPS) is 11.1. The van der Waals surface area contributed by atoms with Crippen LogP contribution in [0.3, 0.4) is 0 Å². The molecule has 1 amide bonds. The zero-order chi connectivity index (χ0) is 18.4. The fourth-order valence-electron chi connectivity index (χ4n) is 2.28. The average molecular weight is 360 g/mol. The molecule has 2 aromatic rings. The third-order valence-electron chi connectivity index (χ3n) is 3.57. The van der Waals surface area contributed by atoms with Crippen molar-refractivity contribution >= 4 is 27.4 Å². The van der Waals surface area contributed by atoms with E-state index >= 15 is 0 Å². The molecule has 0 atom stereocenters. The molecule has 2 rings (SSSR count). The number of rotatable bonds is 7. The van der Waals surface area contributed by atoms with Gasteiger partial charge in [0.05, 0.1) is 4.90 Å². The molecule has 6 nitrogen and oxygen atoms in total. The van der Waals surface area contributed by atoms with E-state index in [0.717, 1.165) is 0 Å². The summed E-state index contributed by atoms with van der Waals surface area (Å²) in [6.45, 7) is 3.13. The maximum Gasteiger partial charge on any atom is 0.240 e. The van der Waals surface area contributed by atoms with Crippen LogP contribution in [0.5, 0.6) is 0 Å². The van der Waals surface area contributed by atoms with Crippen molar-refractivity contribution in [3.8, 4) is 0 Å². The summed E-state index contributed by atoms with van der Waals surface area (Å²) in [5.74, 6) is -0.353. The van der Waals surface area contributed by atoms with Crippen molar-refractivity contribution in [2.45, 2.75) is 31.7 Å². The number of amides is 1. The average Bonchev–Trinajstić information content (AvgIpc) is 2.60. The summed E-state index contributed by atoms with van der Waals surface area (Å²) in [4.78, 5) is 23.0. The van der Waals surface area contributed by atoms with E-state index in [2.05, 4.69) is 10.0 Å². The Kier molecular flexibility index (Phi) is 6.06. The first-order valence-electron chi connectivity index (χ1n) is 7.82. The van der Waals surface area contributed by atoms with Crippen LogP contribution in [0.2, 0.25) is 0 Å². The number of hydrogen-bond donors (Lipinski definition) is 2. The van der Waals surface area contributed by atoms with E-state index in [9.17, 15) is 18.0 Å². The van der Waals surface area contributed by atoms with Crippen molar-refractivity contribution < 1.29 is 18.0 Å². The molecule has 2 N–H and O–H groups in total.